The first-order valence-electron chi connectivity index (χ1n) is 17.2. The van der Waals surface area contributed by atoms with Crippen LogP contribution in [-0.2, 0) is 40.5 Å². The van der Waals surface area contributed by atoms with Gasteiger partial charge in [-0.1, -0.05) is 24.3 Å². The summed E-state index contributed by atoms with van der Waals surface area (Å²) in [7, 11) is -3.56. The molecule has 6 rings (SSSR count). The third-order valence-electron chi connectivity index (χ3n) is 9.77. The van der Waals surface area contributed by atoms with Gasteiger partial charge in [-0.05, 0) is 43.5 Å². The Bertz CT molecular complexity index is 1830. The molecule has 3 aromatic rings. The van der Waals surface area contributed by atoms with Crippen molar-refractivity contribution in [2.24, 2.45) is 0 Å². The highest BCUT2D eigenvalue weighted by molar-refractivity contribution is 7.99. The lowest BCUT2D eigenvalue weighted by Gasteiger charge is -2.37. The van der Waals surface area contributed by atoms with Crippen molar-refractivity contribution < 1.29 is 36.3 Å². The topological polar surface area (TPSA) is 128 Å². The highest BCUT2D eigenvalue weighted by atomic mass is 32.2. The largest absolute Gasteiger partial charge is 0.417 e. The Balaban J connectivity index is 1.19. The summed E-state index contributed by atoms with van der Waals surface area (Å²) < 4.78 is 70.5. The van der Waals surface area contributed by atoms with Crippen LogP contribution < -0.4 is 5.32 Å². The molecule has 0 aliphatic carbocycles. The lowest BCUT2D eigenvalue weighted by Crippen LogP contribution is -2.47. The van der Waals surface area contributed by atoms with Gasteiger partial charge in [-0.25, -0.2) is 8.42 Å². The summed E-state index contributed by atoms with van der Waals surface area (Å²) in [5.41, 5.74) is 1.75. The Morgan fingerprint density at radius 3 is 2.47 bits per heavy atom. The number of alkyl halides is 3. The minimum atomic E-state index is -4.62. The first-order chi connectivity index (χ1) is 24.3. The summed E-state index contributed by atoms with van der Waals surface area (Å²) in [6, 6.07) is 12.5. The predicted octanol–water partition coefficient (Wildman–Crippen LogP) is 3.86. The maximum absolute atomic E-state index is 14.1. The minimum absolute atomic E-state index is 0.0113. The Morgan fingerprint density at radius 2 is 1.80 bits per heavy atom. The molecule has 1 aromatic heterocycles. The number of aromatic nitrogens is 2. The van der Waals surface area contributed by atoms with E-state index in [9.17, 15) is 36.3 Å². The summed E-state index contributed by atoms with van der Waals surface area (Å²) in [4.78, 5) is 28.8. The van der Waals surface area contributed by atoms with E-state index in [2.05, 4.69) is 10.2 Å². The fourth-order valence-corrected chi connectivity index (χ4v) is 8.96. The van der Waals surface area contributed by atoms with E-state index < -0.39 is 27.9 Å². The third-order valence-corrected chi connectivity index (χ3v) is 12.1. The molecule has 0 bridgehead atoms. The van der Waals surface area contributed by atoms with E-state index in [0.717, 1.165) is 68.7 Å². The number of piperidine rings is 1. The fraction of sp³-hybridized carbons (Fsp3) is 0.514. The number of hydrogen-bond acceptors (Lipinski definition) is 8. The quantitative estimate of drug-likeness (QED) is 0.211. The smallest absolute Gasteiger partial charge is 0.390 e. The zero-order valence-electron chi connectivity index (χ0n) is 28.4. The highest BCUT2D eigenvalue weighted by Crippen LogP contribution is 2.40. The molecule has 2 fully saturated rings. The maximum atomic E-state index is 14.1. The molecular weight excluding hydrogens is 706 g/mol. The second kappa shape index (κ2) is 15.7. The van der Waals surface area contributed by atoms with Crippen LogP contribution in [0.15, 0.2) is 53.4 Å². The van der Waals surface area contributed by atoms with Crippen LogP contribution >= 0.6 is 11.8 Å². The van der Waals surface area contributed by atoms with E-state index in [1.165, 1.54) is 16.4 Å². The molecule has 3 aliphatic heterocycles. The fourth-order valence-electron chi connectivity index (χ4n) is 7.20. The first kappa shape index (κ1) is 37.3. The zero-order valence-corrected chi connectivity index (χ0v) is 30.1. The summed E-state index contributed by atoms with van der Waals surface area (Å²) >= 11 is 0.964. The number of aliphatic hydroxyl groups is 1. The molecule has 0 radical (unpaired) electrons. The van der Waals surface area contributed by atoms with Gasteiger partial charge >= 0.3 is 6.18 Å². The molecule has 0 spiro atoms. The van der Waals surface area contributed by atoms with Crippen molar-refractivity contribution >= 4 is 33.6 Å². The van der Waals surface area contributed by atoms with E-state index in [1.807, 2.05) is 4.90 Å². The van der Waals surface area contributed by atoms with Crippen LogP contribution in [0.2, 0.25) is 0 Å². The minimum Gasteiger partial charge on any atom is -0.390 e. The number of fused-ring (bicyclic) bond motifs is 1. The number of nitrogens with zero attached hydrogens (tertiary/aromatic N) is 5. The number of amides is 2. The van der Waals surface area contributed by atoms with Crippen molar-refractivity contribution in [1.82, 2.24) is 29.2 Å². The van der Waals surface area contributed by atoms with E-state index in [0.29, 0.717) is 41.8 Å². The molecule has 2 saturated heterocycles. The number of thioether (sulfide) groups is 1. The average Bonchev–Trinajstić information content (AvgIpc) is 3.69. The SMILES string of the molecule is CS(=O)(=O)N1CCc2c(c(-c3ccc(C(F)(F)F)c(SCCNC(=O)c4ccccc4)c3)nn2CC(O)CN2CCC(N3CCCC3=O)CC2)C1. The second-order valence-corrected chi connectivity index (χ2v) is 16.5. The van der Waals surface area contributed by atoms with Crippen molar-refractivity contribution in [2.45, 2.75) is 68.4 Å². The van der Waals surface area contributed by atoms with Crippen molar-refractivity contribution in [1.29, 1.82) is 0 Å². The van der Waals surface area contributed by atoms with Gasteiger partial charge in [0.25, 0.3) is 5.91 Å². The number of β-amino-alcohol motifs (C(OH)–C–C–N with tert-alkyl or cyclic N) is 1. The summed E-state index contributed by atoms with van der Waals surface area (Å²) in [5, 5.41) is 18.7. The third kappa shape index (κ3) is 8.96. The standard InChI is InChI=1S/C35H43F3N6O5S2/c1-51(48,49)42-18-13-30-28(23-42)33(40-44(30)22-27(45)21-41-16-11-26(12-17-41)43-15-5-8-32(43)46)25-9-10-29(35(36,37)38)31(20-25)50-19-14-39-34(47)24-6-3-2-4-7-24/h2-4,6-7,9-10,20,26-27,45H,5,8,11-19,21-23H2,1H3,(H,39,47). The van der Waals surface area contributed by atoms with Gasteiger partial charge in [0, 0.05) is 97.7 Å². The van der Waals surface area contributed by atoms with Crippen LogP contribution in [0, 0.1) is 0 Å². The van der Waals surface area contributed by atoms with Gasteiger partial charge in [-0.3, -0.25) is 14.3 Å². The van der Waals surface area contributed by atoms with Crippen LogP contribution in [0.3, 0.4) is 0 Å². The Labute approximate surface area is 300 Å². The van der Waals surface area contributed by atoms with Gasteiger partial charge in [0.15, 0.2) is 0 Å². The highest BCUT2D eigenvalue weighted by Gasteiger charge is 2.36. The average molecular weight is 749 g/mol. The van der Waals surface area contributed by atoms with Crippen LogP contribution in [-0.4, -0.2) is 113 Å². The molecule has 4 heterocycles. The predicted molar refractivity (Wildman–Crippen MR) is 188 cm³/mol. The zero-order chi connectivity index (χ0) is 36.3. The van der Waals surface area contributed by atoms with Gasteiger partial charge in [0.2, 0.25) is 15.9 Å². The second-order valence-electron chi connectivity index (χ2n) is 13.4. The van der Waals surface area contributed by atoms with Gasteiger partial charge in [0.1, 0.15) is 0 Å². The molecule has 2 aromatic carbocycles. The van der Waals surface area contributed by atoms with Gasteiger partial charge in [-0.15, -0.1) is 11.8 Å². The Morgan fingerprint density at radius 1 is 1.06 bits per heavy atom. The first-order valence-corrected chi connectivity index (χ1v) is 20.0. The lowest BCUT2D eigenvalue weighted by molar-refractivity contribution is -0.139. The molecule has 16 heteroatoms. The number of sulfonamides is 1. The normalized spacial score (nSPS) is 18.6. The molecule has 0 saturated carbocycles. The number of nitrogens with one attached hydrogen (secondary N) is 1. The van der Waals surface area contributed by atoms with Crippen molar-refractivity contribution in [3.05, 3.63) is 70.9 Å². The molecule has 1 atom stereocenters. The number of rotatable bonds is 12. The lowest BCUT2D eigenvalue weighted by atomic mass is 10.0. The van der Waals surface area contributed by atoms with Crippen molar-refractivity contribution in [2.75, 3.05) is 51.3 Å². The van der Waals surface area contributed by atoms with E-state index in [4.69, 9.17) is 5.10 Å². The van der Waals surface area contributed by atoms with E-state index in [1.54, 1.807) is 35.0 Å². The molecule has 11 nitrogen and oxygen atoms in total. The molecule has 276 valence electrons. The van der Waals surface area contributed by atoms with Gasteiger partial charge in [0.05, 0.1) is 30.2 Å². The van der Waals surface area contributed by atoms with Crippen LogP contribution in [0.25, 0.3) is 11.3 Å². The van der Waals surface area contributed by atoms with Crippen molar-refractivity contribution in [3.63, 3.8) is 0 Å². The molecule has 2 amide bonds. The summed E-state index contributed by atoms with van der Waals surface area (Å²) in [6.45, 7) is 3.20. The number of likely N-dealkylation sites (tertiary alicyclic amines) is 2. The summed E-state index contributed by atoms with van der Waals surface area (Å²) in [6.07, 6.45) is -0.773. The van der Waals surface area contributed by atoms with Crippen LogP contribution in [0.5, 0.6) is 0 Å². The molecule has 3 aliphatic rings. The number of carbonyl (C=O) groups is 2. The number of aliphatic hydroxyl groups excluding tert-OH is 1. The monoisotopic (exact) mass is 748 g/mol. The van der Waals surface area contributed by atoms with Gasteiger partial charge < -0.3 is 20.2 Å². The number of benzene rings is 2. The number of carbonyl (C=O) groups excluding carboxylic acids is 2. The summed E-state index contributed by atoms with van der Waals surface area (Å²) in [5.74, 6) is 0.0733. The number of halogens is 3. The molecule has 2 N–H and O–H groups in total. The van der Waals surface area contributed by atoms with Crippen LogP contribution in [0.1, 0.15) is 52.9 Å². The molecule has 51 heavy (non-hydrogen) atoms. The van der Waals surface area contributed by atoms with E-state index in [-0.39, 0.29) is 54.7 Å². The Hall–Kier alpha value is -3.44. The Kier molecular flexibility index (Phi) is 11.5. The molecule has 1 unspecified atom stereocenters. The maximum Gasteiger partial charge on any atom is 0.417 e. The molecular formula is C35H43F3N6O5S2. The van der Waals surface area contributed by atoms with Crippen molar-refractivity contribution in [3.8, 4) is 11.3 Å². The van der Waals surface area contributed by atoms with E-state index >= 15 is 0 Å². The van der Waals surface area contributed by atoms with Gasteiger partial charge in [-0.2, -0.15) is 22.6 Å². The van der Waals surface area contributed by atoms with Crippen LogP contribution in [0.4, 0.5) is 13.2 Å². The number of hydrogen-bond donors (Lipinski definition) is 2.